The fraction of sp³-hybridized carbons (Fsp3) is 0.367. The number of likely N-dealkylation sites (N-methyl/N-ethyl adjacent to an activating group) is 1. The van der Waals surface area contributed by atoms with Crippen molar-refractivity contribution in [3.8, 4) is 11.3 Å². The van der Waals surface area contributed by atoms with Gasteiger partial charge in [0, 0.05) is 47.8 Å². The molecule has 0 radical (unpaired) electrons. The van der Waals surface area contributed by atoms with Gasteiger partial charge in [-0.25, -0.2) is 4.79 Å². The number of rotatable bonds is 13. The molecule has 4 aromatic carbocycles. The third kappa shape index (κ3) is 9.39. The van der Waals surface area contributed by atoms with E-state index in [-0.39, 0.29) is 42.0 Å². The number of carbonyl (C=O) groups is 5. The van der Waals surface area contributed by atoms with Crippen molar-refractivity contribution in [2.75, 3.05) is 32.5 Å². The molecule has 0 bridgehead atoms. The van der Waals surface area contributed by atoms with Crippen molar-refractivity contribution in [1.82, 2.24) is 30.3 Å². The molecule has 1 saturated carbocycles. The van der Waals surface area contributed by atoms with Crippen LogP contribution in [-0.2, 0) is 25.6 Å². The van der Waals surface area contributed by atoms with Crippen molar-refractivity contribution in [1.29, 1.82) is 0 Å². The number of hydrogen-bond acceptors (Lipinski definition) is 6. The minimum Gasteiger partial charge on any atom is -0.355 e. The van der Waals surface area contributed by atoms with Gasteiger partial charge in [0.25, 0.3) is 5.91 Å². The number of carbonyl (C=O) groups excluding carboxylic acids is 5. The Hall–Kier alpha value is -6.27. The van der Waals surface area contributed by atoms with Gasteiger partial charge in [0.1, 0.15) is 18.1 Å². The summed E-state index contributed by atoms with van der Waals surface area (Å²) in [5.74, 6) is -0.573. The molecule has 12 heteroatoms. The lowest BCUT2D eigenvalue weighted by Crippen LogP contribution is -2.51. The quantitative estimate of drug-likeness (QED) is 0.0993. The van der Waals surface area contributed by atoms with Gasteiger partial charge in [-0.1, -0.05) is 91.7 Å². The van der Waals surface area contributed by atoms with E-state index in [1.54, 1.807) is 9.80 Å². The number of urea groups is 1. The number of H-pyrrole nitrogens is 1. The SMILES string of the molecule is CN(C)[C@@H](C(=O)N1CCC[C@H]1C(=O)Cc1ccc2[nH]c(-c3ccc(NC(=O)[C@@H]4CCCN4C(=O)[C@H](NC(=O)NC4CCCC4)c4ccccc4)cc3)cc2c1)c1ccccc1. The van der Waals surface area contributed by atoms with Crippen LogP contribution in [0.15, 0.2) is 109 Å². The van der Waals surface area contributed by atoms with Crippen molar-refractivity contribution >= 4 is 46.1 Å². The van der Waals surface area contributed by atoms with Crippen LogP contribution in [0.25, 0.3) is 22.2 Å². The van der Waals surface area contributed by atoms with Gasteiger partial charge in [0.15, 0.2) is 5.78 Å². The number of benzene rings is 4. The summed E-state index contributed by atoms with van der Waals surface area (Å²) in [4.78, 5) is 77.2. The molecule has 5 aromatic rings. The Kier molecular flexibility index (Phi) is 12.6. The summed E-state index contributed by atoms with van der Waals surface area (Å²) >= 11 is 0. The summed E-state index contributed by atoms with van der Waals surface area (Å²) in [6.07, 6.45) is 6.92. The summed E-state index contributed by atoms with van der Waals surface area (Å²) in [7, 11) is 3.79. The second-order valence-electron chi connectivity index (χ2n) is 16.9. The van der Waals surface area contributed by atoms with E-state index >= 15 is 0 Å². The number of aromatic amines is 1. The first-order valence-corrected chi connectivity index (χ1v) is 21.6. The van der Waals surface area contributed by atoms with Crippen LogP contribution in [0, 0.1) is 0 Å². The number of likely N-dealkylation sites (tertiary alicyclic amines) is 2. The predicted octanol–water partition coefficient (Wildman–Crippen LogP) is 7.15. The van der Waals surface area contributed by atoms with Crippen LogP contribution in [0.3, 0.4) is 0 Å². The fourth-order valence-electron chi connectivity index (χ4n) is 9.37. The number of nitrogens with zero attached hydrogens (tertiary/aromatic N) is 3. The van der Waals surface area contributed by atoms with Crippen LogP contribution in [0.1, 0.15) is 80.1 Å². The normalized spacial score (nSPS) is 18.9. The topological polar surface area (TPSA) is 147 Å². The lowest BCUT2D eigenvalue weighted by molar-refractivity contribution is -0.141. The molecule has 12 nitrogen and oxygen atoms in total. The molecule has 61 heavy (non-hydrogen) atoms. The largest absolute Gasteiger partial charge is 0.355 e. The minimum absolute atomic E-state index is 0.0413. The molecule has 2 saturated heterocycles. The van der Waals surface area contributed by atoms with E-state index in [2.05, 4.69) is 27.0 Å². The summed E-state index contributed by atoms with van der Waals surface area (Å²) in [6.45, 7) is 0.994. The van der Waals surface area contributed by atoms with E-state index in [4.69, 9.17) is 0 Å². The predicted molar refractivity (Wildman–Crippen MR) is 237 cm³/mol. The average molecular weight is 822 g/mol. The number of nitrogens with one attached hydrogen (secondary N) is 4. The van der Waals surface area contributed by atoms with Gasteiger partial charge in [-0.3, -0.25) is 24.1 Å². The number of fused-ring (bicyclic) bond motifs is 1. The fourth-order valence-corrected chi connectivity index (χ4v) is 9.37. The first-order chi connectivity index (χ1) is 29.6. The van der Waals surface area contributed by atoms with Crippen molar-refractivity contribution < 1.29 is 24.0 Å². The first-order valence-electron chi connectivity index (χ1n) is 21.6. The smallest absolute Gasteiger partial charge is 0.315 e. The standard InChI is InChI=1S/C49H55N7O5/c1-54(2)45(35-15-7-4-8-16-35)48(60)55-27-11-19-41(55)43(57)30-32-21-26-39-36(29-32)31-40(52-39)33-22-24-38(25-23-33)50-46(58)42-20-12-28-56(42)47(59)44(34-13-5-3-6-14-34)53-49(61)51-37-17-9-10-18-37/h3-8,13-16,21-26,29,31,37,41-42,44-45,52H,9-12,17-20,27-28,30H2,1-2H3,(H,50,58)(H2,51,53,61)/t41-,42-,44+,45+/m0/s1. The molecule has 0 unspecified atom stereocenters. The van der Waals surface area contributed by atoms with Crippen molar-refractivity contribution in [3.05, 3.63) is 126 Å². The summed E-state index contributed by atoms with van der Waals surface area (Å²) < 4.78 is 0. The zero-order valence-corrected chi connectivity index (χ0v) is 34.9. The lowest BCUT2D eigenvalue weighted by atomic mass is 9.99. The average Bonchev–Trinajstić information content (AvgIpc) is 4.11. The Morgan fingerprint density at radius 2 is 1.34 bits per heavy atom. The second-order valence-corrected chi connectivity index (χ2v) is 16.9. The van der Waals surface area contributed by atoms with Gasteiger partial charge < -0.3 is 30.7 Å². The van der Waals surface area contributed by atoms with Crippen LogP contribution in [-0.4, -0.2) is 94.5 Å². The molecule has 316 valence electrons. The molecular formula is C49H55N7O5. The van der Waals surface area contributed by atoms with Gasteiger partial charge in [-0.15, -0.1) is 0 Å². The van der Waals surface area contributed by atoms with Gasteiger partial charge in [-0.2, -0.15) is 0 Å². The monoisotopic (exact) mass is 821 g/mol. The van der Waals surface area contributed by atoms with Crippen molar-refractivity contribution in [2.24, 2.45) is 0 Å². The Morgan fingerprint density at radius 1 is 0.705 bits per heavy atom. The maximum absolute atomic E-state index is 14.1. The molecule has 5 amide bonds. The summed E-state index contributed by atoms with van der Waals surface area (Å²) in [5, 5.41) is 9.92. The highest BCUT2D eigenvalue weighted by molar-refractivity contribution is 5.99. The number of ketones is 1. The van der Waals surface area contributed by atoms with E-state index in [9.17, 15) is 24.0 Å². The summed E-state index contributed by atoms with van der Waals surface area (Å²) in [5.41, 5.74) is 5.83. The molecule has 1 aromatic heterocycles. The van der Waals surface area contributed by atoms with Gasteiger partial charge >= 0.3 is 6.03 Å². The highest BCUT2D eigenvalue weighted by Gasteiger charge is 2.40. The third-order valence-corrected chi connectivity index (χ3v) is 12.5. The molecule has 3 fully saturated rings. The molecular weight excluding hydrogens is 767 g/mol. The van der Waals surface area contributed by atoms with Crippen LogP contribution >= 0.6 is 0 Å². The lowest BCUT2D eigenvalue weighted by Gasteiger charge is -2.31. The summed E-state index contributed by atoms with van der Waals surface area (Å²) in [6, 6.07) is 31.7. The number of aromatic nitrogens is 1. The molecule has 4 atom stereocenters. The Bertz CT molecular complexity index is 2360. The van der Waals surface area contributed by atoms with Crippen LogP contribution in [0.4, 0.5) is 10.5 Å². The molecule has 2 aliphatic heterocycles. The highest BCUT2D eigenvalue weighted by Crippen LogP contribution is 2.31. The molecule has 3 aliphatic rings. The highest BCUT2D eigenvalue weighted by atomic mass is 16.2. The number of amides is 5. The van der Waals surface area contributed by atoms with Gasteiger partial charge in [-0.05, 0) is 105 Å². The maximum atomic E-state index is 14.1. The Labute approximate surface area is 357 Å². The number of hydrogen-bond donors (Lipinski definition) is 4. The molecule has 8 rings (SSSR count). The van der Waals surface area contributed by atoms with Gasteiger partial charge in [0.05, 0.1) is 6.04 Å². The van der Waals surface area contributed by atoms with Crippen molar-refractivity contribution in [3.63, 3.8) is 0 Å². The number of anilines is 1. The molecule has 4 N–H and O–H groups in total. The maximum Gasteiger partial charge on any atom is 0.315 e. The van der Waals surface area contributed by atoms with Crippen LogP contribution in [0.5, 0.6) is 0 Å². The first kappa shape index (κ1) is 41.5. The third-order valence-electron chi connectivity index (χ3n) is 12.5. The van der Waals surface area contributed by atoms with Crippen LogP contribution < -0.4 is 16.0 Å². The van der Waals surface area contributed by atoms with E-state index < -0.39 is 24.2 Å². The van der Waals surface area contributed by atoms with E-state index in [1.165, 1.54) is 0 Å². The van der Waals surface area contributed by atoms with Crippen molar-refractivity contribution in [2.45, 2.75) is 88.0 Å². The van der Waals surface area contributed by atoms with E-state index in [1.807, 2.05) is 122 Å². The Balaban J connectivity index is 0.898. The van der Waals surface area contributed by atoms with Gasteiger partial charge in [0.2, 0.25) is 11.8 Å². The van der Waals surface area contributed by atoms with E-state index in [0.717, 1.165) is 65.4 Å². The molecule has 1 aliphatic carbocycles. The zero-order valence-electron chi connectivity index (χ0n) is 34.9. The molecule has 3 heterocycles. The zero-order chi connectivity index (χ0) is 42.5. The second kappa shape index (κ2) is 18.6. The van der Waals surface area contributed by atoms with E-state index in [0.29, 0.717) is 43.6 Å². The minimum atomic E-state index is -0.919. The van der Waals surface area contributed by atoms with Crippen LogP contribution in [0.2, 0.25) is 0 Å². The number of Topliss-reactive ketones (excluding diaryl/α,β-unsaturated/α-hetero) is 1. The Morgan fingerprint density at radius 3 is 2.02 bits per heavy atom. The molecule has 0 spiro atoms.